The van der Waals surface area contributed by atoms with Gasteiger partial charge in [-0.15, -0.1) is 0 Å². The number of ether oxygens (including phenoxy) is 1. The van der Waals surface area contributed by atoms with E-state index in [4.69, 9.17) is 4.74 Å². The molecule has 3 heteroatoms. The third-order valence-electron chi connectivity index (χ3n) is 4.07. The summed E-state index contributed by atoms with van der Waals surface area (Å²) in [6.07, 6.45) is 1.91. The van der Waals surface area contributed by atoms with E-state index in [1.807, 2.05) is 91.0 Å². The van der Waals surface area contributed by atoms with E-state index < -0.39 is 0 Å². The molecule has 1 N–H and O–H groups in total. The van der Waals surface area contributed by atoms with Gasteiger partial charge in [0, 0.05) is 17.7 Å². The molecule has 0 spiro atoms. The Balaban J connectivity index is 1.85. The van der Waals surface area contributed by atoms with Crippen LogP contribution >= 0.6 is 0 Å². The molecule has 0 fully saturated rings. The molecule has 3 aromatic carbocycles. The van der Waals surface area contributed by atoms with Gasteiger partial charge in [0.1, 0.15) is 5.75 Å². The molecule has 0 aliphatic heterocycles. The fourth-order valence-corrected chi connectivity index (χ4v) is 2.73. The highest BCUT2D eigenvalue weighted by molar-refractivity contribution is 6.24. The summed E-state index contributed by atoms with van der Waals surface area (Å²) in [5.74, 6) is 0.645. The van der Waals surface area contributed by atoms with Crippen molar-refractivity contribution < 1.29 is 9.53 Å². The Labute approximate surface area is 154 Å². The molecule has 0 aliphatic rings. The summed E-state index contributed by atoms with van der Waals surface area (Å²) >= 11 is 0. The summed E-state index contributed by atoms with van der Waals surface area (Å²) in [4.78, 5) is 12.9. The Morgan fingerprint density at radius 2 is 1.50 bits per heavy atom. The lowest BCUT2D eigenvalue weighted by molar-refractivity contribution is -0.115. The number of nitrogens with one attached hydrogen (secondary N) is 1. The Morgan fingerprint density at radius 3 is 2.19 bits per heavy atom. The number of para-hydroxylation sites is 1. The minimum atomic E-state index is -0.119. The summed E-state index contributed by atoms with van der Waals surface area (Å²) in [7, 11) is 1.63. The first-order valence-corrected chi connectivity index (χ1v) is 8.50. The van der Waals surface area contributed by atoms with Gasteiger partial charge >= 0.3 is 0 Å². The number of rotatable bonds is 6. The molecule has 0 radical (unpaired) electrons. The lowest BCUT2D eigenvalue weighted by atomic mass is 10.0. The Morgan fingerprint density at radius 1 is 0.885 bits per heavy atom. The predicted molar refractivity (Wildman–Crippen MR) is 106 cm³/mol. The van der Waals surface area contributed by atoms with Crippen LogP contribution in [0.25, 0.3) is 11.6 Å². The summed E-state index contributed by atoms with van der Waals surface area (Å²) < 4.78 is 5.35. The summed E-state index contributed by atoms with van der Waals surface area (Å²) in [5.41, 5.74) is 3.44. The number of benzene rings is 3. The SMILES string of the molecule is COc1ccccc1CNC(=O)C(=Cc1ccccc1)c1ccccc1. The van der Waals surface area contributed by atoms with Crippen molar-refractivity contribution in [2.75, 3.05) is 7.11 Å². The first-order valence-electron chi connectivity index (χ1n) is 8.50. The molecule has 0 aromatic heterocycles. The van der Waals surface area contributed by atoms with Gasteiger partial charge in [0.25, 0.3) is 5.91 Å². The van der Waals surface area contributed by atoms with Crippen LogP contribution in [-0.4, -0.2) is 13.0 Å². The van der Waals surface area contributed by atoms with Crippen molar-refractivity contribution >= 4 is 17.6 Å². The topological polar surface area (TPSA) is 38.3 Å². The van der Waals surface area contributed by atoms with Crippen LogP contribution in [0.2, 0.25) is 0 Å². The average Bonchev–Trinajstić information content (AvgIpc) is 2.72. The molecule has 3 nitrogen and oxygen atoms in total. The van der Waals surface area contributed by atoms with Crippen molar-refractivity contribution in [3.8, 4) is 5.75 Å². The lowest BCUT2D eigenvalue weighted by Crippen LogP contribution is -2.24. The number of carbonyl (C=O) groups excluding carboxylic acids is 1. The highest BCUT2D eigenvalue weighted by Crippen LogP contribution is 2.20. The minimum Gasteiger partial charge on any atom is -0.496 e. The van der Waals surface area contributed by atoms with E-state index in [1.54, 1.807) is 7.11 Å². The average molecular weight is 343 g/mol. The molecule has 26 heavy (non-hydrogen) atoms. The van der Waals surface area contributed by atoms with Gasteiger partial charge in [0.15, 0.2) is 0 Å². The number of methoxy groups -OCH3 is 1. The standard InChI is InChI=1S/C23H21NO2/c1-26-22-15-9-8-14-20(22)17-24-23(25)21(19-12-6-3-7-13-19)16-18-10-4-2-5-11-18/h2-16H,17H2,1H3,(H,24,25). The van der Waals surface area contributed by atoms with Crippen LogP contribution in [-0.2, 0) is 11.3 Å². The van der Waals surface area contributed by atoms with Gasteiger partial charge in [0.05, 0.1) is 7.11 Å². The van der Waals surface area contributed by atoms with E-state index in [9.17, 15) is 4.79 Å². The van der Waals surface area contributed by atoms with Gasteiger partial charge in [-0.1, -0.05) is 78.9 Å². The smallest absolute Gasteiger partial charge is 0.252 e. The van der Waals surface area contributed by atoms with Crippen LogP contribution in [0, 0.1) is 0 Å². The van der Waals surface area contributed by atoms with Crippen LogP contribution in [0.15, 0.2) is 84.9 Å². The molecule has 0 saturated carbocycles. The molecule has 0 heterocycles. The summed E-state index contributed by atoms with van der Waals surface area (Å²) in [6, 6.07) is 27.2. The van der Waals surface area contributed by atoms with Gasteiger partial charge in [-0.25, -0.2) is 0 Å². The molecule has 3 rings (SSSR count). The monoisotopic (exact) mass is 343 g/mol. The van der Waals surface area contributed by atoms with Gasteiger partial charge in [-0.05, 0) is 23.3 Å². The zero-order valence-corrected chi connectivity index (χ0v) is 14.7. The lowest BCUT2D eigenvalue weighted by Gasteiger charge is -2.12. The van der Waals surface area contributed by atoms with E-state index in [2.05, 4.69) is 5.32 Å². The maximum atomic E-state index is 12.9. The van der Waals surface area contributed by atoms with E-state index in [1.165, 1.54) is 0 Å². The Hall–Kier alpha value is -3.33. The van der Waals surface area contributed by atoms with Gasteiger partial charge < -0.3 is 10.1 Å². The first kappa shape index (κ1) is 17.5. The number of hydrogen-bond donors (Lipinski definition) is 1. The van der Waals surface area contributed by atoms with Crippen molar-refractivity contribution in [1.29, 1.82) is 0 Å². The van der Waals surface area contributed by atoms with Crippen LogP contribution < -0.4 is 10.1 Å². The number of amides is 1. The number of hydrogen-bond acceptors (Lipinski definition) is 2. The number of carbonyl (C=O) groups is 1. The predicted octanol–water partition coefficient (Wildman–Crippen LogP) is 4.55. The van der Waals surface area contributed by atoms with Crippen molar-refractivity contribution in [3.05, 3.63) is 102 Å². The second kappa shape index (κ2) is 8.67. The molecule has 1 amide bonds. The molecule has 0 atom stereocenters. The minimum absolute atomic E-state index is 0.119. The van der Waals surface area contributed by atoms with E-state index in [-0.39, 0.29) is 5.91 Å². The van der Waals surface area contributed by atoms with Crippen molar-refractivity contribution in [3.63, 3.8) is 0 Å². The summed E-state index contributed by atoms with van der Waals surface area (Å²) in [5, 5.41) is 3.01. The maximum absolute atomic E-state index is 12.9. The molecule has 3 aromatic rings. The maximum Gasteiger partial charge on any atom is 0.252 e. The van der Waals surface area contributed by atoms with Gasteiger partial charge in [-0.2, -0.15) is 0 Å². The third-order valence-corrected chi connectivity index (χ3v) is 4.07. The second-order valence-corrected chi connectivity index (χ2v) is 5.83. The molecule has 0 saturated heterocycles. The zero-order chi connectivity index (χ0) is 18.2. The van der Waals surface area contributed by atoms with Gasteiger partial charge in [-0.3, -0.25) is 4.79 Å². The molecule has 0 bridgehead atoms. The van der Waals surface area contributed by atoms with E-state index in [0.717, 1.165) is 22.4 Å². The van der Waals surface area contributed by atoms with Crippen molar-refractivity contribution in [1.82, 2.24) is 5.32 Å². The van der Waals surface area contributed by atoms with E-state index >= 15 is 0 Å². The highest BCUT2D eigenvalue weighted by Gasteiger charge is 2.12. The van der Waals surface area contributed by atoms with E-state index in [0.29, 0.717) is 12.1 Å². The molecular weight excluding hydrogens is 322 g/mol. The molecule has 130 valence electrons. The van der Waals surface area contributed by atoms with Crippen LogP contribution in [0.1, 0.15) is 16.7 Å². The third kappa shape index (κ3) is 4.39. The molecular formula is C23H21NO2. The molecule has 0 aliphatic carbocycles. The van der Waals surface area contributed by atoms with Crippen LogP contribution in [0.5, 0.6) is 5.75 Å². The Bertz CT molecular complexity index is 886. The Kier molecular flexibility index (Phi) is 5.84. The van der Waals surface area contributed by atoms with Crippen LogP contribution in [0.3, 0.4) is 0 Å². The fraction of sp³-hybridized carbons (Fsp3) is 0.0870. The second-order valence-electron chi connectivity index (χ2n) is 5.83. The quantitative estimate of drug-likeness (QED) is 0.527. The zero-order valence-electron chi connectivity index (χ0n) is 14.7. The first-order chi connectivity index (χ1) is 12.8. The van der Waals surface area contributed by atoms with Gasteiger partial charge in [0.2, 0.25) is 0 Å². The van der Waals surface area contributed by atoms with Crippen molar-refractivity contribution in [2.45, 2.75) is 6.54 Å². The fourth-order valence-electron chi connectivity index (χ4n) is 2.73. The largest absolute Gasteiger partial charge is 0.496 e. The van der Waals surface area contributed by atoms with Crippen molar-refractivity contribution in [2.24, 2.45) is 0 Å². The highest BCUT2D eigenvalue weighted by atomic mass is 16.5. The summed E-state index contributed by atoms with van der Waals surface area (Å²) in [6.45, 7) is 0.405. The van der Waals surface area contributed by atoms with Crippen LogP contribution in [0.4, 0.5) is 0 Å². The normalized spacial score (nSPS) is 11.0. The molecule has 0 unspecified atom stereocenters.